The Bertz CT molecular complexity index is 437. The number of carboxylic acids is 1. The Morgan fingerprint density at radius 3 is 2.73 bits per heavy atom. The van der Waals surface area contributed by atoms with Crippen molar-refractivity contribution in [2.45, 2.75) is 6.92 Å². The van der Waals surface area contributed by atoms with E-state index in [4.69, 9.17) is 5.11 Å². The van der Waals surface area contributed by atoms with Crippen LogP contribution in [0.25, 0.3) is 6.08 Å². The number of aryl methyl sites for hydroxylation is 1. The summed E-state index contributed by atoms with van der Waals surface area (Å²) in [5.41, 5.74) is 1.27. The van der Waals surface area contributed by atoms with Gasteiger partial charge in [0.2, 0.25) is 0 Å². The van der Waals surface area contributed by atoms with Crippen molar-refractivity contribution < 1.29 is 14.8 Å². The Morgan fingerprint density at radius 2 is 2.20 bits per heavy atom. The summed E-state index contributed by atoms with van der Waals surface area (Å²) in [5.74, 6) is -1.08. The molecule has 1 N–H and O–H groups in total. The number of nitro benzene ring substituents is 1. The number of rotatable bonds is 3. The summed E-state index contributed by atoms with van der Waals surface area (Å²) in [6.07, 6.45) is 2.29. The van der Waals surface area contributed by atoms with Crippen LogP contribution in [0.2, 0.25) is 0 Å². The van der Waals surface area contributed by atoms with Crippen LogP contribution in [0.3, 0.4) is 0 Å². The number of hydrogen-bond donors (Lipinski definition) is 1. The molecule has 0 aromatic heterocycles. The second kappa shape index (κ2) is 4.36. The van der Waals surface area contributed by atoms with Crippen LogP contribution >= 0.6 is 0 Å². The van der Waals surface area contributed by atoms with Gasteiger partial charge in [0.15, 0.2) is 0 Å². The van der Waals surface area contributed by atoms with Crippen LogP contribution in [-0.2, 0) is 4.79 Å². The standard InChI is InChI=1S/C10H9NO4/c1-7-2-4-9(11(14)15)6-8(7)3-5-10(12)13/h2-6H,1H3,(H,12,13)/b5-3+. The van der Waals surface area contributed by atoms with Gasteiger partial charge in [0.1, 0.15) is 0 Å². The molecule has 0 aliphatic carbocycles. The smallest absolute Gasteiger partial charge is 0.328 e. The first-order valence-corrected chi connectivity index (χ1v) is 4.17. The fraction of sp³-hybridized carbons (Fsp3) is 0.100. The van der Waals surface area contributed by atoms with E-state index in [0.717, 1.165) is 11.6 Å². The van der Waals surface area contributed by atoms with Crippen LogP contribution in [0.1, 0.15) is 11.1 Å². The number of non-ortho nitro benzene ring substituents is 1. The molecule has 0 saturated heterocycles. The molecule has 0 fully saturated rings. The maximum Gasteiger partial charge on any atom is 0.328 e. The molecule has 0 radical (unpaired) electrons. The number of carboxylic acid groups (broad SMARTS) is 1. The molecule has 0 aliphatic rings. The third-order valence-corrected chi connectivity index (χ3v) is 1.88. The summed E-state index contributed by atoms with van der Waals surface area (Å²) in [6, 6.07) is 4.31. The number of hydrogen-bond acceptors (Lipinski definition) is 3. The lowest BCUT2D eigenvalue weighted by atomic mass is 10.1. The van der Waals surface area contributed by atoms with E-state index in [-0.39, 0.29) is 5.69 Å². The monoisotopic (exact) mass is 207 g/mol. The van der Waals surface area contributed by atoms with Gasteiger partial charge in [0, 0.05) is 18.2 Å². The number of aliphatic carboxylic acids is 1. The zero-order valence-corrected chi connectivity index (χ0v) is 8.01. The molecule has 0 unspecified atom stereocenters. The minimum absolute atomic E-state index is 0.0503. The molecule has 5 heteroatoms. The summed E-state index contributed by atoms with van der Waals surface area (Å²) >= 11 is 0. The second-order valence-electron chi connectivity index (χ2n) is 2.97. The molecule has 78 valence electrons. The summed E-state index contributed by atoms with van der Waals surface area (Å²) in [6.45, 7) is 1.76. The SMILES string of the molecule is Cc1ccc([N+](=O)[O-])cc1/C=C/C(=O)O. The Morgan fingerprint density at radius 1 is 1.53 bits per heavy atom. The average molecular weight is 207 g/mol. The zero-order valence-electron chi connectivity index (χ0n) is 8.01. The van der Waals surface area contributed by atoms with E-state index in [1.165, 1.54) is 18.2 Å². The Labute approximate surface area is 85.8 Å². The van der Waals surface area contributed by atoms with Crippen LogP contribution in [0.4, 0.5) is 5.69 Å². The Kier molecular flexibility index (Phi) is 3.17. The average Bonchev–Trinajstić information content (AvgIpc) is 2.16. The molecule has 0 saturated carbocycles. The van der Waals surface area contributed by atoms with Crippen molar-refractivity contribution in [3.8, 4) is 0 Å². The lowest BCUT2D eigenvalue weighted by Crippen LogP contribution is -1.91. The van der Waals surface area contributed by atoms with Crippen molar-refractivity contribution in [1.82, 2.24) is 0 Å². The van der Waals surface area contributed by atoms with Crippen LogP contribution < -0.4 is 0 Å². The van der Waals surface area contributed by atoms with E-state index in [0.29, 0.717) is 5.56 Å². The van der Waals surface area contributed by atoms with Crippen molar-refractivity contribution in [1.29, 1.82) is 0 Å². The molecule has 0 spiro atoms. The van der Waals surface area contributed by atoms with Crippen molar-refractivity contribution in [3.05, 3.63) is 45.5 Å². The normalized spacial score (nSPS) is 10.5. The molecule has 15 heavy (non-hydrogen) atoms. The highest BCUT2D eigenvalue weighted by atomic mass is 16.6. The summed E-state index contributed by atoms with van der Waals surface area (Å²) in [4.78, 5) is 20.2. The van der Waals surface area contributed by atoms with E-state index in [1.54, 1.807) is 13.0 Å². The lowest BCUT2D eigenvalue weighted by Gasteiger charge is -1.99. The van der Waals surface area contributed by atoms with E-state index in [1.807, 2.05) is 0 Å². The molecular weight excluding hydrogens is 198 g/mol. The van der Waals surface area contributed by atoms with Crippen molar-refractivity contribution >= 4 is 17.7 Å². The van der Waals surface area contributed by atoms with Gasteiger partial charge in [-0.25, -0.2) is 4.79 Å². The Balaban J connectivity index is 3.11. The summed E-state index contributed by atoms with van der Waals surface area (Å²) < 4.78 is 0. The second-order valence-corrected chi connectivity index (χ2v) is 2.97. The van der Waals surface area contributed by atoms with Gasteiger partial charge in [-0.2, -0.15) is 0 Å². The van der Waals surface area contributed by atoms with Gasteiger partial charge in [-0.05, 0) is 24.1 Å². The van der Waals surface area contributed by atoms with Crippen LogP contribution in [0.5, 0.6) is 0 Å². The predicted octanol–water partition coefficient (Wildman–Crippen LogP) is 2.00. The number of nitrogens with zero attached hydrogens (tertiary/aromatic N) is 1. The first-order chi connectivity index (χ1) is 7.00. The van der Waals surface area contributed by atoms with Gasteiger partial charge in [-0.3, -0.25) is 10.1 Å². The van der Waals surface area contributed by atoms with Crippen LogP contribution in [0, 0.1) is 17.0 Å². The Hall–Kier alpha value is -2.17. The van der Waals surface area contributed by atoms with Gasteiger partial charge >= 0.3 is 5.97 Å². The maximum absolute atomic E-state index is 10.5. The highest BCUT2D eigenvalue weighted by molar-refractivity contribution is 5.85. The minimum Gasteiger partial charge on any atom is -0.478 e. The molecule has 1 rings (SSSR count). The first-order valence-electron chi connectivity index (χ1n) is 4.17. The molecule has 0 amide bonds. The van der Waals surface area contributed by atoms with E-state index < -0.39 is 10.9 Å². The molecule has 0 bridgehead atoms. The highest BCUT2D eigenvalue weighted by Crippen LogP contribution is 2.18. The van der Waals surface area contributed by atoms with Gasteiger partial charge in [-0.1, -0.05) is 6.07 Å². The van der Waals surface area contributed by atoms with Crippen LogP contribution in [-0.4, -0.2) is 16.0 Å². The molecule has 0 aliphatic heterocycles. The number of nitro groups is 1. The third-order valence-electron chi connectivity index (χ3n) is 1.88. The fourth-order valence-corrected chi connectivity index (χ4v) is 1.08. The van der Waals surface area contributed by atoms with Gasteiger partial charge in [0.25, 0.3) is 5.69 Å². The quantitative estimate of drug-likeness (QED) is 0.467. The first kappa shape index (κ1) is 10.9. The zero-order chi connectivity index (χ0) is 11.4. The number of benzene rings is 1. The van der Waals surface area contributed by atoms with Gasteiger partial charge in [-0.15, -0.1) is 0 Å². The van der Waals surface area contributed by atoms with E-state index in [2.05, 4.69) is 0 Å². The molecule has 0 heterocycles. The number of carbonyl (C=O) groups is 1. The van der Waals surface area contributed by atoms with E-state index >= 15 is 0 Å². The largest absolute Gasteiger partial charge is 0.478 e. The minimum atomic E-state index is -1.08. The topological polar surface area (TPSA) is 80.4 Å². The van der Waals surface area contributed by atoms with Crippen molar-refractivity contribution in [3.63, 3.8) is 0 Å². The lowest BCUT2D eigenvalue weighted by molar-refractivity contribution is -0.384. The van der Waals surface area contributed by atoms with Crippen molar-refractivity contribution in [2.24, 2.45) is 0 Å². The van der Waals surface area contributed by atoms with Crippen LogP contribution in [0.15, 0.2) is 24.3 Å². The van der Waals surface area contributed by atoms with Gasteiger partial charge < -0.3 is 5.11 Å². The van der Waals surface area contributed by atoms with Crippen molar-refractivity contribution in [2.75, 3.05) is 0 Å². The summed E-state index contributed by atoms with van der Waals surface area (Å²) in [5, 5.41) is 18.9. The third kappa shape index (κ3) is 2.91. The molecule has 1 aromatic rings. The molecule has 1 aromatic carbocycles. The fourth-order valence-electron chi connectivity index (χ4n) is 1.08. The molecular formula is C10H9NO4. The molecule has 0 atom stereocenters. The maximum atomic E-state index is 10.5. The predicted molar refractivity (Wildman–Crippen MR) is 54.5 cm³/mol. The summed E-state index contributed by atoms with van der Waals surface area (Å²) in [7, 11) is 0. The molecule has 5 nitrogen and oxygen atoms in total. The highest BCUT2D eigenvalue weighted by Gasteiger charge is 2.06. The van der Waals surface area contributed by atoms with E-state index in [9.17, 15) is 14.9 Å². The van der Waals surface area contributed by atoms with Gasteiger partial charge in [0.05, 0.1) is 4.92 Å².